The molecule has 0 radical (unpaired) electrons. The first kappa shape index (κ1) is 9.23. The number of benzene rings is 1. The summed E-state index contributed by atoms with van der Waals surface area (Å²) in [5.41, 5.74) is 6.51. The Morgan fingerprint density at radius 2 is 1.92 bits per heavy atom. The van der Waals surface area contributed by atoms with Crippen molar-refractivity contribution in [1.29, 1.82) is 0 Å². The van der Waals surface area contributed by atoms with Crippen molar-refractivity contribution in [3.63, 3.8) is 0 Å². The van der Waals surface area contributed by atoms with E-state index < -0.39 is 6.23 Å². The van der Waals surface area contributed by atoms with Crippen LogP contribution in [0.4, 0.5) is 0 Å². The molecule has 0 aliphatic carbocycles. The zero-order valence-corrected chi connectivity index (χ0v) is 7.27. The van der Waals surface area contributed by atoms with Crippen molar-refractivity contribution in [3.05, 3.63) is 35.9 Å². The molecule has 66 valence electrons. The topological polar surface area (TPSA) is 46.2 Å². The van der Waals surface area contributed by atoms with E-state index in [1.54, 1.807) is 0 Å². The van der Waals surface area contributed by atoms with E-state index in [1.165, 1.54) is 5.56 Å². The third kappa shape index (κ3) is 2.64. The molecule has 0 heterocycles. The average Bonchev–Trinajstić information content (AvgIpc) is 2.05. The minimum atomic E-state index is -0.708. The summed E-state index contributed by atoms with van der Waals surface area (Å²) in [6.07, 6.45) is -0.0930. The van der Waals surface area contributed by atoms with Crippen LogP contribution in [0.25, 0.3) is 0 Å². The van der Waals surface area contributed by atoms with Crippen LogP contribution in [0.1, 0.15) is 24.8 Å². The number of nitrogens with two attached hydrogens (primary N) is 1. The highest BCUT2D eigenvalue weighted by Crippen LogP contribution is 2.18. The number of hydrogen-bond acceptors (Lipinski definition) is 2. The molecule has 0 aliphatic rings. The predicted molar refractivity (Wildman–Crippen MR) is 49.7 cm³/mol. The van der Waals surface area contributed by atoms with Gasteiger partial charge < -0.3 is 10.8 Å². The summed E-state index contributed by atoms with van der Waals surface area (Å²) in [5, 5.41) is 8.96. The molecule has 1 aromatic carbocycles. The SMILES string of the molecule is CC(C[C@@H](N)O)c1ccccc1. The van der Waals surface area contributed by atoms with Crippen molar-refractivity contribution in [2.45, 2.75) is 25.5 Å². The average molecular weight is 165 g/mol. The highest BCUT2D eigenvalue weighted by atomic mass is 16.3. The quantitative estimate of drug-likeness (QED) is 0.666. The van der Waals surface area contributed by atoms with E-state index in [0.29, 0.717) is 12.3 Å². The number of rotatable bonds is 3. The van der Waals surface area contributed by atoms with Crippen molar-refractivity contribution in [2.75, 3.05) is 0 Å². The van der Waals surface area contributed by atoms with Gasteiger partial charge in [0.25, 0.3) is 0 Å². The lowest BCUT2D eigenvalue weighted by atomic mass is 9.97. The Morgan fingerprint density at radius 1 is 1.33 bits per heavy atom. The Balaban J connectivity index is 2.59. The van der Waals surface area contributed by atoms with Gasteiger partial charge in [0, 0.05) is 0 Å². The lowest BCUT2D eigenvalue weighted by molar-refractivity contribution is 0.164. The molecule has 0 spiro atoms. The lowest BCUT2D eigenvalue weighted by Gasteiger charge is -2.12. The highest BCUT2D eigenvalue weighted by molar-refractivity contribution is 5.18. The molecule has 0 bridgehead atoms. The summed E-state index contributed by atoms with van der Waals surface area (Å²) in [4.78, 5) is 0. The highest BCUT2D eigenvalue weighted by Gasteiger charge is 2.07. The maximum absolute atomic E-state index is 8.96. The van der Waals surface area contributed by atoms with Crippen LogP contribution in [0.15, 0.2) is 30.3 Å². The van der Waals surface area contributed by atoms with E-state index in [-0.39, 0.29) is 0 Å². The van der Waals surface area contributed by atoms with Gasteiger partial charge in [-0.25, -0.2) is 0 Å². The molecular formula is C10H15NO. The molecule has 1 aromatic rings. The monoisotopic (exact) mass is 165 g/mol. The van der Waals surface area contributed by atoms with Gasteiger partial charge >= 0.3 is 0 Å². The zero-order chi connectivity index (χ0) is 8.97. The van der Waals surface area contributed by atoms with Gasteiger partial charge in [-0.3, -0.25) is 0 Å². The smallest absolute Gasteiger partial charge is 0.102 e. The minimum Gasteiger partial charge on any atom is -0.379 e. The van der Waals surface area contributed by atoms with Gasteiger partial charge in [0.1, 0.15) is 6.23 Å². The lowest BCUT2D eigenvalue weighted by Crippen LogP contribution is -2.20. The molecule has 2 heteroatoms. The molecular weight excluding hydrogens is 150 g/mol. The van der Waals surface area contributed by atoms with Gasteiger partial charge in [-0.05, 0) is 17.9 Å². The van der Waals surface area contributed by atoms with Gasteiger partial charge in [-0.15, -0.1) is 0 Å². The molecule has 0 saturated carbocycles. The second-order valence-corrected chi connectivity index (χ2v) is 3.11. The molecule has 2 nitrogen and oxygen atoms in total. The molecule has 0 saturated heterocycles. The number of aliphatic hydroxyl groups is 1. The van der Waals surface area contributed by atoms with Crippen LogP contribution in [0.3, 0.4) is 0 Å². The van der Waals surface area contributed by atoms with E-state index in [2.05, 4.69) is 6.92 Å². The molecule has 3 N–H and O–H groups in total. The molecule has 0 amide bonds. The largest absolute Gasteiger partial charge is 0.379 e. The van der Waals surface area contributed by atoms with E-state index in [1.807, 2.05) is 30.3 Å². The molecule has 0 fully saturated rings. The summed E-state index contributed by atoms with van der Waals surface area (Å²) < 4.78 is 0. The Kier molecular flexibility index (Phi) is 3.26. The van der Waals surface area contributed by atoms with Crippen molar-refractivity contribution in [3.8, 4) is 0 Å². The van der Waals surface area contributed by atoms with Crippen LogP contribution in [0, 0.1) is 0 Å². The standard InChI is InChI=1S/C10H15NO/c1-8(7-10(11)12)9-5-3-2-4-6-9/h2-6,8,10,12H,7,11H2,1H3/t8?,10-/m0/s1. The number of hydrogen-bond donors (Lipinski definition) is 2. The van der Waals surface area contributed by atoms with E-state index in [0.717, 1.165) is 0 Å². The molecule has 0 aromatic heterocycles. The zero-order valence-electron chi connectivity index (χ0n) is 7.27. The van der Waals surface area contributed by atoms with Gasteiger partial charge in [-0.1, -0.05) is 37.3 Å². The normalized spacial score (nSPS) is 15.6. The second-order valence-electron chi connectivity index (χ2n) is 3.11. The third-order valence-corrected chi connectivity index (χ3v) is 1.96. The third-order valence-electron chi connectivity index (χ3n) is 1.96. The molecule has 12 heavy (non-hydrogen) atoms. The van der Waals surface area contributed by atoms with Crippen molar-refractivity contribution >= 4 is 0 Å². The predicted octanol–water partition coefficient (Wildman–Crippen LogP) is 1.46. The Hall–Kier alpha value is -0.860. The van der Waals surface area contributed by atoms with Crippen LogP contribution in [0.2, 0.25) is 0 Å². The van der Waals surface area contributed by atoms with Crippen LogP contribution in [-0.4, -0.2) is 11.3 Å². The Labute approximate surface area is 73.0 Å². The maximum atomic E-state index is 8.96. The molecule has 2 atom stereocenters. The summed E-state index contributed by atoms with van der Waals surface area (Å²) >= 11 is 0. The summed E-state index contributed by atoms with van der Waals surface area (Å²) in [7, 11) is 0. The van der Waals surface area contributed by atoms with Gasteiger partial charge in [-0.2, -0.15) is 0 Å². The first-order valence-electron chi connectivity index (χ1n) is 4.18. The van der Waals surface area contributed by atoms with Crippen molar-refractivity contribution < 1.29 is 5.11 Å². The molecule has 0 aliphatic heterocycles. The first-order chi connectivity index (χ1) is 5.70. The van der Waals surface area contributed by atoms with Crippen molar-refractivity contribution in [2.24, 2.45) is 5.73 Å². The van der Waals surface area contributed by atoms with E-state index in [9.17, 15) is 0 Å². The summed E-state index contributed by atoms with van der Waals surface area (Å²) in [5.74, 6) is 0.325. The van der Waals surface area contributed by atoms with Gasteiger partial charge in [0.15, 0.2) is 0 Å². The number of aliphatic hydroxyl groups excluding tert-OH is 1. The van der Waals surface area contributed by atoms with Crippen LogP contribution < -0.4 is 5.73 Å². The maximum Gasteiger partial charge on any atom is 0.102 e. The molecule has 1 rings (SSSR count). The van der Waals surface area contributed by atoms with Crippen LogP contribution in [-0.2, 0) is 0 Å². The van der Waals surface area contributed by atoms with E-state index >= 15 is 0 Å². The van der Waals surface area contributed by atoms with Crippen LogP contribution in [0.5, 0.6) is 0 Å². The first-order valence-corrected chi connectivity index (χ1v) is 4.18. The van der Waals surface area contributed by atoms with Gasteiger partial charge in [0.05, 0.1) is 0 Å². The summed E-state index contributed by atoms with van der Waals surface area (Å²) in [6.45, 7) is 2.06. The van der Waals surface area contributed by atoms with Crippen LogP contribution >= 0.6 is 0 Å². The second kappa shape index (κ2) is 4.24. The molecule has 1 unspecified atom stereocenters. The Morgan fingerprint density at radius 3 is 2.42 bits per heavy atom. The minimum absolute atomic E-state index is 0.325. The fourth-order valence-corrected chi connectivity index (χ4v) is 1.28. The van der Waals surface area contributed by atoms with Crippen molar-refractivity contribution in [1.82, 2.24) is 0 Å². The fraction of sp³-hybridized carbons (Fsp3) is 0.400. The Bertz CT molecular complexity index is 221. The summed E-state index contributed by atoms with van der Waals surface area (Å²) in [6, 6.07) is 10.1. The van der Waals surface area contributed by atoms with Gasteiger partial charge in [0.2, 0.25) is 0 Å². The van der Waals surface area contributed by atoms with E-state index in [4.69, 9.17) is 10.8 Å². The fourth-order valence-electron chi connectivity index (χ4n) is 1.28.